The van der Waals surface area contributed by atoms with Crippen molar-refractivity contribution in [2.75, 3.05) is 19.6 Å². The topological polar surface area (TPSA) is 66.5 Å². The van der Waals surface area contributed by atoms with Gasteiger partial charge in [0.15, 0.2) is 5.78 Å². The first-order chi connectivity index (χ1) is 13.0. The summed E-state index contributed by atoms with van der Waals surface area (Å²) in [4.78, 5) is 12.6. The van der Waals surface area contributed by atoms with Crippen LogP contribution in [0.15, 0.2) is 53.4 Å². The number of aryl methyl sites for hydroxylation is 1. The Morgan fingerprint density at radius 2 is 1.59 bits per heavy atom. The van der Waals surface area contributed by atoms with Crippen LogP contribution < -0.4 is 5.32 Å². The molecular weight excluding hydrogens is 360 g/mol. The van der Waals surface area contributed by atoms with Crippen LogP contribution in [0.1, 0.15) is 40.7 Å². The molecule has 0 aliphatic carbocycles. The van der Waals surface area contributed by atoms with Crippen molar-refractivity contribution in [2.24, 2.45) is 0 Å². The van der Waals surface area contributed by atoms with Crippen LogP contribution in [0.5, 0.6) is 0 Å². The molecule has 0 radical (unpaired) electrons. The maximum Gasteiger partial charge on any atom is 0.243 e. The summed E-state index contributed by atoms with van der Waals surface area (Å²) >= 11 is 0. The van der Waals surface area contributed by atoms with Crippen molar-refractivity contribution in [3.8, 4) is 0 Å². The third kappa shape index (κ3) is 5.03. The number of ketones is 1. The second kappa shape index (κ2) is 8.78. The van der Waals surface area contributed by atoms with Crippen LogP contribution >= 0.6 is 0 Å². The number of carbonyl (C=O) groups is 1. The van der Waals surface area contributed by atoms with Crippen LogP contribution in [0, 0.1) is 6.92 Å². The van der Waals surface area contributed by atoms with Crippen LogP contribution in [0.4, 0.5) is 0 Å². The van der Waals surface area contributed by atoms with Gasteiger partial charge in [-0.05, 0) is 37.5 Å². The number of piperidine rings is 1. The van der Waals surface area contributed by atoms with E-state index in [1.165, 1.54) is 22.0 Å². The van der Waals surface area contributed by atoms with E-state index in [1.54, 1.807) is 12.1 Å². The predicted octanol–water partition coefficient (Wildman–Crippen LogP) is 3.14. The van der Waals surface area contributed by atoms with Crippen LogP contribution in [-0.4, -0.2) is 38.1 Å². The minimum absolute atomic E-state index is 0.0518. The fourth-order valence-corrected chi connectivity index (χ4v) is 4.71. The van der Waals surface area contributed by atoms with Crippen LogP contribution in [-0.2, 0) is 16.6 Å². The average Bonchev–Trinajstić information content (AvgIpc) is 2.70. The van der Waals surface area contributed by atoms with Crippen LogP contribution in [0.3, 0.4) is 0 Å². The van der Waals surface area contributed by atoms with Gasteiger partial charge in [0.1, 0.15) is 0 Å². The highest BCUT2D eigenvalue weighted by Crippen LogP contribution is 2.21. The molecule has 2 aromatic rings. The molecule has 1 saturated heterocycles. The molecule has 6 heteroatoms. The highest BCUT2D eigenvalue weighted by atomic mass is 32.2. The number of hydrogen-bond donors (Lipinski definition) is 1. The van der Waals surface area contributed by atoms with E-state index in [-0.39, 0.29) is 17.2 Å². The zero-order chi connectivity index (χ0) is 19.3. The van der Waals surface area contributed by atoms with Gasteiger partial charge in [0.05, 0.1) is 11.4 Å². The summed E-state index contributed by atoms with van der Waals surface area (Å²) in [6, 6.07) is 14.4. The Kier molecular flexibility index (Phi) is 6.42. The lowest BCUT2D eigenvalue weighted by atomic mass is 10.1. The molecule has 1 aliphatic rings. The highest BCUT2D eigenvalue weighted by molar-refractivity contribution is 7.89. The van der Waals surface area contributed by atoms with Gasteiger partial charge in [-0.3, -0.25) is 4.79 Å². The molecule has 2 aromatic carbocycles. The zero-order valence-electron chi connectivity index (χ0n) is 15.6. The first kappa shape index (κ1) is 19.7. The summed E-state index contributed by atoms with van der Waals surface area (Å²) in [7, 11) is -3.45. The van der Waals surface area contributed by atoms with Crippen LogP contribution in [0.2, 0.25) is 0 Å². The summed E-state index contributed by atoms with van der Waals surface area (Å²) in [6.07, 6.45) is 2.89. The Labute approximate surface area is 161 Å². The molecule has 1 N–H and O–H groups in total. The molecule has 0 saturated carbocycles. The molecule has 5 nitrogen and oxygen atoms in total. The molecule has 0 atom stereocenters. The minimum atomic E-state index is -3.45. The van der Waals surface area contributed by atoms with Gasteiger partial charge in [0.25, 0.3) is 0 Å². The summed E-state index contributed by atoms with van der Waals surface area (Å²) < 4.78 is 26.8. The predicted molar refractivity (Wildman–Crippen MR) is 106 cm³/mol. The quantitative estimate of drug-likeness (QED) is 0.743. The van der Waals surface area contributed by atoms with Crippen molar-refractivity contribution < 1.29 is 13.2 Å². The van der Waals surface area contributed by atoms with E-state index in [0.717, 1.165) is 24.8 Å². The van der Waals surface area contributed by atoms with Gasteiger partial charge in [-0.1, -0.05) is 48.4 Å². The van der Waals surface area contributed by atoms with Crippen molar-refractivity contribution in [1.82, 2.24) is 9.62 Å². The highest BCUT2D eigenvalue weighted by Gasteiger charge is 2.25. The number of carbonyl (C=O) groups excluding carboxylic acids is 1. The molecule has 0 spiro atoms. The summed E-state index contributed by atoms with van der Waals surface area (Å²) in [5.74, 6) is -0.0518. The lowest BCUT2D eigenvalue weighted by Crippen LogP contribution is -2.35. The van der Waals surface area contributed by atoms with Gasteiger partial charge in [-0.25, -0.2) is 8.42 Å². The molecule has 144 valence electrons. The Hall–Kier alpha value is -2.02. The minimum Gasteiger partial charge on any atom is -0.306 e. The number of Topliss-reactive ketones (excluding diaryl/α,β-unsaturated/α-hetero) is 1. The largest absolute Gasteiger partial charge is 0.306 e. The Balaban J connectivity index is 1.57. The second-order valence-corrected chi connectivity index (χ2v) is 8.94. The van der Waals surface area contributed by atoms with Crippen molar-refractivity contribution in [1.29, 1.82) is 0 Å². The lowest BCUT2D eigenvalue weighted by Gasteiger charge is -2.25. The Morgan fingerprint density at radius 3 is 2.22 bits per heavy atom. The monoisotopic (exact) mass is 386 g/mol. The third-order valence-corrected chi connectivity index (χ3v) is 6.78. The van der Waals surface area contributed by atoms with Gasteiger partial charge in [-0.2, -0.15) is 4.31 Å². The number of sulfonamides is 1. The molecule has 0 unspecified atom stereocenters. The Bertz CT molecular complexity index is 869. The maximum absolute atomic E-state index is 12.6. The molecule has 1 aliphatic heterocycles. The van der Waals surface area contributed by atoms with E-state index in [9.17, 15) is 13.2 Å². The molecule has 1 heterocycles. The molecule has 0 amide bonds. The van der Waals surface area contributed by atoms with E-state index >= 15 is 0 Å². The molecule has 1 fully saturated rings. The smallest absolute Gasteiger partial charge is 0.243 e. The number of nitrogens with zero attached hydrogens (tertiary/aromatic N) is 1. The number of hydrogen-bond acceptors (Lipinski definition) is 4. The normalized spacial score (nSPS) is 15.6. The third-order valence-electron chi connectivity index (χ3n) is 4.86. The fraction of sp³-hybridized carbons (Fsp3) is 0.381. The summed E-state index contributed by atoms with van der Waals surface area (Å²) in [5.41, 5.74) is 2.84. The average molecular weight is 387 g/mol. The van der Waals surface area contributed by atoms with Crippen molar-refractivity contribution in [2.45, 2.75) is 37.6 Å². The fourth-order valence-electron chi connectivity index (χ4n) is 3.20. The van der Waals surface area contributed by atoms with Gasteiger partial charge < -0.3 is 5.32 Å². The lowest BCUT2D eigenvalue weighted by molar-refractivity contribution is 0.0990. The van der Waals surface area contributed by atoms with E-state index in [4.69, 9.17) is 0 Å². The standard InChI is InChI=1S/C21H26N2O3S/c1-17-5-7-18(8-6-17)15-22-16-21(24)19-9-11-20(12-10-19)27(25,26)23-13-3-2-4-14-23/h5-12,22H,2-4,13-16H2,1H3. The van der Waals surface area contributed by atoms with E-state index < -0.39 is 10.0 Å². The number of rotatable bonds is 7. The molecule has 3 rings (SSSR count). The molecule has 0 bridgehead atoms. The van der Waals surface area contributed by atoms with E-state index in [2.05, 4.69) is 5.32 Å². The van der Waals surface area contributed by atoms with Crippen molar-refractivity contribution in [3.63, 3.8) is 0 Å². The van der Waals surface area contributed by atoms with Crippen molar-refractivity contribution >= 4 is 15.8 Å². The first-order valence-electron chi connectivity index (χ1n) is 9.36. The first-order valence-corrected chi connectivity index (χ1v) is 10.8. The number of nitrogens with one attached hydrogen (secondary N) is 1. The van der Waals surface area contributed by atoms with Gasteiger partial charge >= 0.3 is 0 Å². The SMILES string of the molecule is Cc1ccc(CNCC(=O)c2ccc(S(=O)(=O)N3CCCCC3)cc2)cc1. The van der Waals surface area contributed by atoms with Crippen molar-refractivity contribution in [3.05, 3.63) is 65.2 Å². The van der Waals surface area contributed by atoms with Gasteiger partial charge in [-0.15, -0.1) is 0 Å². The van der Waals surface area contributed by atoms with E-state index in [1.807, 2.05) is 31.2 Å². The maximum atomic E-state index is 12.6. The Morgan fingerprint density at radius 1 is 0.963 bits per heavy atom. The molecule has 27 heavy (non-hydrogen) atoms. The summed E-state index contributed by atoms with van der Waals surface area (Å²) in [5, 5.41) is 3.14. The molecular formula is C21H26N2O3S. The van der Waals surface area contributed by atoms with Gasteiger partial charge in [0, 0.05) is 25.2 Å². The number of benzene rings is 2. The van der Waals surface area contributed by atoms with Gasteiger partial charge in [0.2, 0.25) is 10.0 Å². The van der Waals surface area contributed by atoms with E-state index in [0.29, 0.717) is 25.2 Å². The second-order valence-electron chi connectivity index (χ2n) is 7.00. The molecule has 0 aromatic heterocycles. The zero-order valence-corrected chi connectivity index (χ0v) is 16.5. The van der Waals surface area contributed by atoms with Crippen LogP contribution in [0.25, 0.3) is 0 Å². The summed E-state index contributed by atoms with van der Waals surface area (Å²) in [6.45, 7) is 4.02.